The van der Waals surface area contributed by atoms with E-state index in [1.54, 1.807) is 36.4 Å². The van der Waals surface area contributed by atoms with Crippen LogP contribution in [-0.2, 0) is 0 Å². The summed E-state index contributed by atoms with van der Waals surface area (Å²) >= 11 is 0. The van der Waals surface area contributed by atoms with Gasteiger partial charge in [0.15, 0.2) is 5.76 Å². The van der Waals surface area contributed by atoms with E-state index in [1.807, 2.05) is 18.2 Å². The molecule has 0 aliphatic heterocycles. The first-order valence-electron chi connectivity index (χ1n) is 5.57. The smallest absolute Gasteiger partial charge is 1.00 e. The molecule has 0 bridgehead atoms. The molecule has 19 heavy (non-hydrogen) atoms. The third kappa shape index (κ3) is 2.37. The Hall–Kier alpha value is -1.78. The van der Waals surface area contributed by atoms with Crippen LogP contribution < -0.4 is 5.43 Å². The SMILES string of the molecule is O=c1c(O)c(-c2ccccc2)oc2ccccc12.[H-].[H-].[Mg+2]. The van der Waals surface area contributed by atoms with Crippen molar-refractivity contribution in [3.63, 3.8) is 0 Å². The molecule has 92 valence electrons. The summed E-state index contributed by atoms with van der Waals surface area (Å²) in [6.45, 7) is 0. The molecule has 0 saturated heterocycles. The molecule has 0 unspecified atom stereocenters. The van der Waals surface area contributed by atoms with E-state index in [9.17, 15) is 9.90 Å². The van der Waals surface area contributed by atoms with Crippen molar-refractivity contribution in [2.24, 2.45) is 0 Å². The average molecular weight is 265 g/mol. The minimum absolute atomic E-state index is 0. The maximum Gasteiger partial charge on any atom is 2.00 e. The third-order valence-corrected chi connectivity index (χ3v) is 2.81. The Labute approximate surface area is 128 Å². The van der Waals surface area contributed by atoms with Crippen molar-refractivity contribution in [2.75, 3.05) is 0 Å². The minimum Gasteiger partial charge on any atom is -1.00 e. The van der Waals surface area contributed by atoms with Crippen LogP contribution in [0.15, 0.2) is 63.8 Å². The van der Waals surface area contributed by atoms with Gasteiger partial charge >= 0.3 is 23.1 Å². The molecule has 1 heterocycles. The zero-order chi connectivity index (χ0) is 12.5. The Bertz CT molecular complexity index is 773. The summed E-state index contributed by atoms with van der Waals surface area (Å²) in [5, 5.41) is 10.3. The van der Waals surface area contributed by atoms with E-state index in [1.165, 1.54) is 0 Å². The van der Waals surface area contributed by atoms with Crippen LogP contribution in [0.1, 0.15) is 2.85 Å². The maximum atomic E-state index is 12.0. The summed E-state index contributed by atoms with van der Waals surface area (Å²) in [6.07, 6.45) is 0. The zero-order valence-electron chi connectivity index (χ0n) is 12.2. The van der Waals surface area contributed by atoms with Crippen LogP contribution in [0.25, 0.3) is 22.3 Å². The van der Waals surface area contributed by atoms with Crippen LogP contribution in [-0.4, -0.2) is 28.2 Å². The van der Waals surface area contributed by atoms with E-state index in [0.717, 1.165) is 0 Å². The normalized spacial score (nSPS) is 10.1. The van der Waals surface area contributed by atoms with Crippen LogP contribution in [0, 0.1) is 0 Å². The second-order valence-electron chi connectivity index (χ2n) is 3.97. The van der Waals surface area contributed by atoms with Crippen LogP contribution in [0.5, 0.6) is 5.75 Å². The quantitative estimate of drug-likeness (QED) is 0.687. The standard InChI is InChI=1S/C15H10O3.Mg.2H/c16-13-11-8-4-5-9-12(11)18-15(14(13)17)10-6-2-1-3-7-10;;;/h1-9,17H;;;/q;+2;2*-1. The Morgan fingerprint density at radius 2 is 1.58 bits per heavy atom. The second kappa shape index (κ2) is 5.46. The Kier molecular flexibility index (Phi) is 3.92. The number of fused-ring (bicyclic) bond motifs is 1. The van der Waals surface area contributed by atoms with Crippen molar-refractivity contribution < 1.29 is 12.4 Å². The molecule has 3 aromatic rings. The predicted molar refractivity (Wildman–Crippen MR) is 77.6 cm³/mol. The topological polar surface area (TPSA) is 50.4 Å². The zero-order valence-corrected chi connectivity index (χ0v) is 11.6. The van der Waals surface area contributed by atoms with Crippen molar-refractivity contribution in [2.45, 2.75) is 0 Å². The maximum absolute atomic E-state index is 12.0. The number of hydrogen-bond acceptors (Lipinski definition) is 3. The number of hydrogen-bond donors (Lipinski definition) is 1. The molecule has 0 radical (unpaired) electrons. The molecule has 1 N–H and O–H groups in total. The molecule has 2 aromatic carbocycles. The summed E-state index contributed by atoms with van der Waals surface area (Å²) in [6, 6.07) is 15.9. The fraction of sp³-hybridized carbons (Fsp3) is 0. The summed E-state index contributed by atoms with van der Waals surface area (Å²) in [4.78, 5) is 12.0. The van der Waals surface area contributed by atoms with Crippen LogP contribution >= 0.6 is 0 Å². The Morgan fingerprint density at radius 1 is 0.947 bits per heavy atom. The number of benzene rings is 2. The van der Waals surface area contributed by atoms with Gasteiger partial charge in [-0.3, -0.25) is 4.79 Å². The number of aromatic hydroxyl groups is 1. The number of para-hydroxylation sites is 1. The molecule has 0 amide bonds. The van der Waals surface area contributed by atoms with E-state index in [2.05, 4.69) is 0 Å². The molecule has 4 heteroatoms. The molecule has 3 rings (SSSR count). The van der Waals surface area contributed by atoms with Crippen LogP contribution in [0.4, 0.5) is 0 Å². The van der Waals surface area contributed by atoms with Crippen LogP contribution in [0.3, 0.4) is 0 Å². The van der Waals surface area contributed by atoms with Gasteiger partial charge in [-0.1, -0.05) is 42.5 Å². The van der Waals surface area contributed by atoms with Gasteiger partial charge in [0.2, 0.25) is 11.2 Å². The van der Waals surface area contributed by atoms with Crippen molar-refractivity contribution >= 4 is 34.0 Å². The number of rotatable bonds is 1. The van der Waals surface area contributed by atoms with Gasteiger partial charge in [-0.15, -0.1) is 0 Å². The molecule has 0 saturated carbocycles. The summed E-state index contributed by atoms with van der Waals surface area (Å²) in [5.41, 5.74) is 0.743. The molecule has 0 atom stereocenters. The first-order chi connectivity index (χ1) is 8.77. The Morgan fingerprint density at radius 3 is 2.32 bits per heavy atom. The molecule has 0 aliphatic rings. The second-order valence-corrected chi connectivity index (χ2v) is 3.97. The van der Waals surface area contributed by atoms with Gasteiger partial charge in [0.25, 0.3) is 0 Å². The largest absolute Gasteiger partial charge is 2.00 e. The van der Waals surface area contributed by atoms with Crippen molar-refractivity contribution in [3.05, 3.63) is 64.8 Å². The third-order valence-electron chi connectivity index (χ3n) is 2.81. The fourth-order valence-electron chi connectivity index (χ4n) is 1.92. The Balaban J connectivity index is 0.00000133. The van der Waals surface area contributed by atoms with Crippen molar-refractivity contribution in [3.8, 4) is 17.1 Å². The van der Waals surface area contributed by atoms with Gasteiger partial charge in [0, 0.05) is 5.56 Å². The molecule has 1 aromatic heterocycles. The molecular formula is C15H12MgO3. The van der Waals surface area contributed by atoms with E-state index in [0.29, 0.717) is 16.5 Å². The first kappa shape index (κ1) is 13.6. The monoisotopic (exact) mass is 264 g/mol. The molecule has 3 nitrogen and oxygen atoms in total. The van der Waals surface area contributed by atoms with Crippen molar-refractivity contribution in [1.82, 2.24) is 0 Å². The van der Waals surface area contributed by atoms with Crippen LogP contribution in [0.2, 0.25) is 0 Å². The van der Waals surface area contributed by atoms with E-state index in [-0.39, 0.29) is 37.4 Å². The van der Waals surface area contributed by atoms with Crippen molar-refractivity contribution in [1.29, 1.82) is 0 Å². The summed E-state index contributed by atoms with van der Waals surface area (Å²) in [5.74, 6) is -0.140. The first-order valence-corrected chi connectivity index (χ1v) is 5.57. The minimum atomic E-state index is -0.407. The molecule has 0 fully saturated rings. The average Bonchev–Trinajstić information content (AvgIpc) is 2.44. The van der Waals surface area contributed by atoms with Gasteiger partial charge in [0.05, 0.1) is 5.39 Å². The fourth-order valence-corrected chi connectivity index (χ4v) is 1.92. The van der Waals surface area contributed by atoms with Gasteiger partial charge in [-0.25, -0.2) is 0 Å². The summed E-state index contributed by atoms with van der Waals surface area (Å²) < 4.78 is 5.61. The van der Waals surface area contributed by atoms with E-state index >= 15 is 0 Å². The summed E-state index contributed by atoms with van der Waals surface area (Å²) in [7, 11) is 0. The van der Waals surface area contributed by atoms with E-state index < -0.39 is 5.43 Å². The van der Waals surface area contributed by atoms with E-state index in [4.69, 9.17) is 4.42 Å². The van der Waals surface area contributed by atoms with Gasteiger partial charge < -0.3 is 12.4 Å². The van der Waals surface area contributed by atoms with Gasteiger partial charge in [0.1, 0.15) is 5.58 Å². The van der Waals surface area contributed by atoms with Gasteiger partial charge in [-0.2, -0.15) is 0 Å². The molecule has 0 spiro atoms. The molecular weight excluding hydrogens is 252 g/mol. The predicted octanol–water partition coefficient (Wildman–Crippen LogP) is 3.01. The van der Waals surface area contributed by atoms with Gasteiger partial charge in [-0.05, 0) is 12.1 Å². The molecule has 0 aliphatic carbocycles.